The molecule has 2 rings (SSSR count). The number of guanidine groups is 1. The number of nitrogens with zero attached hydrogens (tertiary/aromatic N) is 1. The van der Waals surface area contributed by atoms with E-state index in [0.29, 0.717) is 25.7 Å². The summed E-state index contributed by atoms with van der Waals surface area (Å²) in [7, 11) is 1.59. The van der Waals surface area contributed by atoms with Crippen LogP contribution in [0.25, 0.3) is 0 Å². The highest BCUT2D eigenvalue weighted by molar-refractivity contribution is 5.95. The van der Waals surface area contributed by atoms with Crippen LogP contribution in [-0.4, -0.2) is 45.2 Å². The maximum atomic E-state index is 13.7. The van der Waals surface area contributed by atoms with Gasteiger partial charge in [-0.15, -0.1) is 0 Å². The molecular formula is C20H29F3N4O2. The van der Waals surface area contributed by atoms with Crippen LogP contribution in [0.2, 0.25) is 0 Å². The van der Waals surface area contributed by atoms with Gasteiger partial charge >= 0.3 is 0 Å². The highest BCUT2D eigenvalue weighted by Gasteiger charge is 2.33. The Morgan fingerprint density at radius 2 is 1.90 bits per heavy atom. The molecule has 0 unspecified atom stereocenters. The van der Waals surface area contributed by atoms with Crippen molar-refractivity contribution in [2.24, 2.45) is 10.4 Å². The third-order valence-electron chi connectivity index (χ3n) is 5.23. The van der Waals surface area contributed by atoms with Crippen molar-refractivity contribution in [2.45, 2.75) is 39.0 Å². The molecular weight excluding hydrogens is 385 g/mol. The van der Waals surface area contributed by atoms with Gasteiger partial charge in [0.15, 0.2) is 23.4 Å². The van der Waals surface area contributed by atoms with Crippen LogP contribution in [0.4, 0.5) is 18.9 Å². The van der Waals surface area contributed by atoms with Gasteiger partial charge < -0.3 is 20.7 Å². The van der Waals surface area contributed by atoms with Crippen LogP contribution >= 0.6 is 0 Å². The van der Waals surface area contributed by atoms with Crippen molar-refractivity contribution in [3.05, 3.63) is 29.6 Å². The number of ether oxygens (including phenoxy) is 1. The number of carbonyl (C=O) groups excluding carboxylic acids is 1. The van der Waals surface area contributed by atoms with Gasteiger partial charge in [-0.3, -0.25) is 9.79 Å². The molecule has 1 aliphatic carbocycles. The fourth-order valence-corrected chi connectivity index (χ4v) is 3.55. The molecule has 0 aliphatic heterocycles. The molecule has 0 spiro atoms. The van der Waals surface area contributed by atoms with Crippen LogP contribution in [-0.2, 0) is 9.53 Å². The fraction of sp³-hybridized carbons (Fsp3) is 0.600. The van der Waals surface area contributed by atoms with E-state index in [1.165, 1.54) is 12.8 Å². The third-order valence-corrected chi connectivity index (χ3v) is 5.23. The molecule has 1 aromatic rings. The molecule has 0 aromatic heterocycles. The minimum atomic E-state index is -1.62. The predicted molar refractivity (Wildman–Crippen MR) is 106 cm³/mol. The van der Waals surface area contributed by atoms with Crippen molar-refractivity contribution < 1.29 is 22.7 Å². The Bertz CT molecular complexity index is 722. The van der Waals surface area contributed by atoms with Gasteiger partial charge in [0, 0.05) is 26.8 Å². The highest BCUT2D eigenvalue weighted by Crippen LogP contribution is 2.40. The van der Waals surface area contributed by atoms with E-state index in [4.69, 9.17) is 4.74 Å². The lowest BCUT2D eigenvalue weighted by molar-refractivity contribution is -0.115. The summed E-state index contributed by atoms with van der Waals surface area (Å²) < 4.78 is 45.4. The smallest absolute Gasteiger partial charge is 0.243 e. The molecule has 1 aromatic carbocycles. The quantitative estimate of drug-likeness (QED) is 0.251. The number of hydrogen-bond donors (Lipinski definition) is 3. The second-order valence-corrected chi connectivity index (χ2v) is 7.20. The van der Waals surface area contributed by atoms with Crippen molar-refractivity contribution in [2.75, 3.05) is 38.7 Å². The molecule has 3 N–H and O–H groups in total. The Hall–Kier alpha value is -2.29. The first-order valence-corrected chi connectivity index (χ1v) is 9.86. The van der Waals surface area contributed by atoms with E-state index < -0.39 is 29.0 Å². The first kappa shape index (κ1) is 23.0. The lowest BCUT2D eigenvalue weighted by atomic mass is 9.83. The summed E-state index contributed by atoms with van der Waals surface area (Å²) in [5.41, 5.74) is -0.274. The molecule has 29 heavy (non-hydrogen) atoms. The zero-order valence-corrected chi connectivity index (χ0v) is 16.9. The molecule has 0 heterocycles. The molecule has 1 amide bonds. The molecule has 162 valence electrons. The molecule has 0 radical (unpaired) electrons. The number of hydrogen-bond acceptors (Lipinski definition) is 3. The van der Waals surface area contributed by atoms with Gasteiger partial charge in [-0.1, -0.05) is 12.8 Å². The average molecular weight is 414 g/mol. The van der Waals surface area contributed by atoms with Gasteiger partial charge in [-0.05, 0) is 43.7 Å². The maximum Gasteiger partial charge on any atom is 0.243 e. The van der Waals surface area contributed by atoms with E-state index in [9.17, 15) is 18.0 Å². The fourth-order valence-electron chi connectivity index (χ4n) is 3.55. The average Bonchev–Trinajstić information content (AvgIpc) is 3.18. The molecule has 1 aliphatic rings. The van der Waals surface area contributed by atoms with Crippen LogP contribution in [0, 0.1) is 22.9 Å². The summed E-state index contributed by atoms with van der Waals surface area (Å²) in [4.78, 5) is 16.1. The topological polar surface area (TPSA) is 74.8 Å². The van der Waals surface area contributed by atoms with E-state index >= 15 is 0 Å². The van der Waals surface area contributed by atoms with E-state index in [-0.39, 0.29) is 12.0 Å². The Morgan fingerprint density at radius 1 is 1.17 bits per heavy atom. The first-order chi connectivity index (χ1) is 13.9. The van der Waals surface area contributed by atoms with Crippen LogP contribution < -0.4 is 16.0 Å². The van der Waals surface area contributed by atoms with Crippen LogP contribution in [0.15, 0.2) is 17.1 Å². The standard InChI is InChI=1S/C20H29F3N4O2/c1-3-29-11-10-20(8-4-5-9-20)13-26-19(24-2)25-12-16(28)27-15-7-6-14(21)17(22)18(15)23/h6-7H,3-5,8-13H2,1-2H3,(H,27,28)(H2,24,25,26). The Kier molecular flexibility index (Phi) is 8.75. The number of rotatable bonds is 9. The van der Waals surface area contributed by atoms with Crippen molar-refractivity contribution in [3.63, 3.8) is 0 Å². The number of anilines is 1. The lowest BCUT2D eigenvalue weighted by Crippen LogP contribution is -2.45. The SMILES string of the molecule is CCOCCC1(CNC(=NC)NCC(=O)Nc2ccc(F)c(F)c2F)CCCC1. The van der Waals surface area contributed by atoms with E-state index in [0.717, 1.165) is 31.4 Å². The molecule has 0 atom stereocenters. The Labute approximate surface area is 169 Å². The lowest BCUT2D eigenvalue weighted by Gasteiger charge is -2.30. The van der Waals surface area contributed by atoms with Gasteiger partial charge in [-0.2, -0.15) is 0 Å². The summed E-state index contributed by atoms with van der Waals surface area (Å²) in [6.45, 7) is 3.89. The minimum Gasteiger partial charge on any atom is -0.382 e. The van der Waals surface area contributed by atoms with Crippen molar-refractivity contribution >= 4 is 17.6 Å². The van der Waals surface area contributed by atoms with Crippen molar-refractivity contribution in [1.29, 1.82) is 0 Å². The highest BCUT2D eigenvalue weighted by atomic mass is 19.2. The predicted octanol–water partition coefficient (Wildman–Crippen LogP) is 3.19. The Balaban J connectivity index is 1.83. The number of carbonyl (C=O) groups is 1. The monoisotopic (exact) mass is 414 g/mol. The van der Waals surface area contributed by atoms with Gasteiger partial charge in [0.1, 0.15) is 0 Å². The van der Waals surface area contributed by atoms with Gasteiger partial charge in [0.05, 0.1) is 12.2 Å². The zero-order chi connectivity index (χ0) is 21.3. The number of amides is 1. The first-order valence-electron chi connectivity index (χ1n) is 9.86. The van der Waals surface area contributed by atoms with E-state index in [1.807, 2.05) is 6.92 Å². The second-order valence-electron chi connectivity index (χ2n) is 7.20. The zero-order valence-electron chi connectivity index (χ0n) is 16.9. The van der Waals surface area contributed by atoms with Crippen molar-refractivity contribution in [3.8, 4) is 0 Å². The molecule has 9 heteroatoms. The second kappa shape index (κ2) is 11.0. The number of halogens is 3. The minimum absolute atomic E-state index is 0.143. The van der Waals surface area contributed by atoms with Gasteiger partial charge in [0.2, 0.25) is 5.91 Å². The maximum absolute atomic E-state index is 13.7. The summed E-state index contributed by atoms with van der Waals surface area (Å²) >= 11 is 0. The summed E-state index contributed by atoms with van der Waals surface area (Å²) in [5.74, 6) is -4.53. The number of nitrogens with one attached hydrogen (secondary N) is 3. The summed E-state index contributed by atoms with van der Waals surface area (Å²) in [6.07, 6.45) is 5.55. The number of aliphatic imine (C=N–C) groups is 1. The van der Waals surface area contributed by atoms with Crippen LogP contribution in [0.3, 0.4) is 0 Å². The number of benzene rings is 1. The van der Waals surface area contributed by atoms with Crippen molar-refractivity contribution in [1.82, 2.24) is 10.6 Å². The molecule has 1 fully saturated rings. The summed E-state index contributed by atoms with van der Waals surface area (Å²) in [5, 5.41) is 8.31. The molecule has 0 saturated heterocycles. The van der Waals surface area contributed by atoms with Crippen LogP contribution in [0.1, 0.15) is 39.0 Å². The molecule has 0 bridgehead atoms. The third kappa shape index (κ3) is 6.62. The molecule has 6 nitrogen and oxygen atoms in total. The van der Waals surface area contributed by atoms with Crippen LogP contribution in [0.5, 0.6) is 0 Å². The van der Waals surface area contributed by atoms with E-state index in [2.05, 4.69) is 20.9 Å². The largest absolute Gasteiger partial charge is 0.382 e. The van der Waals surface area contributed by atoms with Gasteiger partial charge in [0.25, 0.3) is 0 Å². The normalized spacial score (nSPS) is 16.0. The van der Waals surface area contributed by atoms with E-state index in [1.54, 1.807) is 7.05 Å². The Morgan fingerprint density at radius 3 is 2.55 bits per heavy atom. The van der Waals surface area contributed by atoms with Gasteiger partial charge in [-0.25, -0.2) is 13.2 Å². The molecule has 1 saturated carbocycles. The summed E-state index contributed by atoms with van der Waals surface area (Å²) in [6, 6.07) is 1.73.